The minimum Gasteiger partial charge on any atom is -0.455 e. The summed E-state index contributed by atoms with van der Waals surface area (Å²) < 4.78 is 48.0. The molecule has 0 aromatic heterocycles. The Kier molecular flexibility index (Phi) is 15.2. The number of aryl methyl sites for hydroxylation is 1. The highest BCUT2D eigenvalue weighted by atomic mass is 19.1. The number of aliphatic hydroxyl groups is 1. The van der Waals surface area contributed by atoms with Crippen LogP contribution in [-0.2, 0) is 39.7 Å². The quantitative estimate of drug-likeness (QED) is 0.231. The van der Waals surface area contributed by atoms with Crippen molar-refractivity contribution in [3.05, 3.63) is 35.9 Å². The number of nitrogens with zero attached hydrogens (tertiary/aromatic N) is 3. The van der Waals surface area contributed by atoms with Crippen LogP contribution in [0, 0.1) is 17.8 Å². The first-order valence-electron chi connectivity index (χ1n) is 20.4. The van der Waals surface area contributed by atoms with Crippen molar-refractivity contribution >= 4 is 17.8 Å². The number of halogens is 1. The maximum atomic E-state index is 16.9. The maximum Gasteiger partial charge on any atom is 0.425 e. The Hall–Kier alpha value is -2.72. The van der Waals surface area contributed by atoms with E-state index in [1.165, 1.54) is 19.6 Å². The van der Waals surface area contributed by atoms with Crippen molar-refractivity contribution in [3.8, 4) is 0 Å². The maximum absolute atomic E-state index is 16.9. The summed E-state index contributed by atoms with van der Waals surface area (Å²) in [5.74, 6) is -4.55. The van der Waals surface area contributed by atoms with E-state index in [-0.39, 0.29) is 30.9 Å². The van der Waals surface area contributed by atoms with Crippen LogP contribution in [0.4, 0.5) is 9.18 Å². The van der Waals surface area contributed by atoms with Gasteiger partial charge >= 0.3 is 12.1 Å². The Morgan fingerprint density at radius 2 is 1.70 bits per heavy atom. The third kappa shape index (κ3) is 9.27. The van der Waals surface area contributed by atoms with Crippen LogP contribution in [0.25, 0.3) is 0 Å². The third-order valence-corrected chi connectivity index (χ3v) is 12.8. The first-order valence-corrected chi connectivity index (χ1v) is 20.4. The standard InChI is InChI=1S/C42H69FN4O9/c1-13-31-42(9)34(47(39(51)56-42)46(14-2)22-18-21-29-19-16-15-17-20-29)27(5)32(44)25(3)24-40(7,52-12)36(28(6)35(49)41(8,43)38(50)54-31)55-37-33(48)30(45(10)11)23-26(4)53-37/h15-17,19-20,25-28,30-34,36-37,48H,13-14,18,21-24,44H2,1-12H3/t25-,26-,27+,28+,30+,31-,32?,33-,34-,36-,37+,40+,41?,42-/m1/s1. The molecule has 0 bridgehead atoms. The summed E-state index contributed by atoms with van der Waals surface area (Å²) in [6.45, 7) is 16.4. The normalized spacial score (nSPS) is 40.3. The van der Waals surface area contributed by atoms with Gasteiger partial charge in [0.25, 0.3) is 5.67 Å². The number of cyclic esters (lactones) is 1. The molecule has 0 radical (unpaired) electrons. The van der Waals surface area contributed by atoms with Crippen molar-refractivity contribution in [1.29, 1.82) is 0 Å². The first kappa shape index (κ1) is 46.0. The molecule has 0 spiro atoms. The number of likely N-dealkylation sites (N-methyl/N-ethyl adjacent to an activating group) is 1. The van der Waals surface area contributed by atoms with Gasteiger partial charge in [0.15, 0.2) is 17.7 Å². The number of esters is 1. The molecule has 2 unspecified atom stereocenters. The summed E-state index contributed by atoms with van der Waals surface area (Å²) >= 11 is 0. The second-order valence-corrected chi connectivity index (χ2v) is 17.2. The predicted octanol–water partition coefficient (Wildman–Crippen LogP) is 4.91. The summed E-state index contributed by atoms with van der Waals surface area (Å²) in [5.41, 5.74) is 2.48. The van der Waals surface area contributed by atoms with E-state index in [0.717, 1.165) is 19.8 Å². The number of hydrazine groups is 1. The highest BCUT2D eigenvalue weighted by Crippen LogP contribution is 2.44. The number of Topliss-reactive ketones (excluding diaryl/α,β-unsaturated/α-hetero) is 1. The number of amides is 1. The molecule has 1 amide bonds. The lowest BCUT2D eigenvalue weighted by molar-refractivity contribution is -0.296. The van der Waals surface area contributed by atoms with Crippen molar-refractivity contribution in [3.63, 3.8) is 0 Å². The van der Waals surface area contributed by atoms with Gasteiger partial charge in [0.2, 0.25) is 0 Å². The van der Waals surface area contributed by atoms with Gasteiger partial charge in [-0.2, -0.15) is 0 Å². The van der Waals surface area contributed by atoms with E-state index in [1.807, 2.05) is 69.9 Å². The molecule has 4 rings (SSSR count). The van der Waals surface area contributed by atoms with Gasteiger partial charge in [-0.3, -0.25) is 4.79 Å². The lowest BCUT2D eigenvalue weighted by Crippen LogP contribution is -2.64. The van der Waals surface area contributed by atoms with E-state index in [4.69, 9.17) is 29.4 Å². The molecule has 1 aromatic rings. The molecule has 3 N–H and O–H groups in total. The number of methoxy groups -OCH3 is 1. The number of benzene rings is 1. The molecule has 13 nitrogen and oxygen atoms in total. The second-order valence-electron chi connectivity index (χ2n) is 17.2. The lowest BCUT2D eigenvalue weighted by atomic mass is 9.72. The number of alkyl halides is 1. The number of ether oxygens (including phenoxy) is 5. The summed E-state index contributed by atoms with van der Waals surface area (Å²) in [5, 5.41) is 15.0. The Labute approximate surface area is 333 Å². The Morgan fingerprint density at radius 1 is 1.05 bits per heavy atom. The number of carbonyl (C=O) groups is 3. The summed E-state index contributed by atoms with van der Waals surface area (Å²) in [6, 6.07) is 8.44. The van der Waals surface area contributed by atoms with Crippen LogP contribution in [0.15, 0.2) is 30.3 Å². The van der Waals surface area contributed by atoms with Crippen LogP contribution in [0.1, 0.15) is 93.6 Å². The fourth-order valence-corrected chi connectivity index (χ4v) is 9.39. The molecular weight excluding hydrogens is 723 g/mol. The van der Waals surface area contributed by atoms with E-state index >= 15 is 4.39 Å². The van der Waals surface area contributed by atoms with Gasteiger partial charge in [0.05, 0.1) is 23.9 Å². The Morgan fingerprint density at radius 3 is 2.27 bits per heavy atom. The van der Waals surface area contributed by atoms with E-state index in [9.17, 15) is 19.5 Å². The number of hydrogen-bond donors (Lipinski definition) is 2. The molecule has 0 saturated carbocycles. The van der Waals surface area contributed by atoms with Gasteiger partial charge in [0, 0.05) is 38.2 Å². The van der Waals surface area contributed by atoms with Gasteiger partial charge in [-0.15, -0.1) is 0 Å². The van der Waals surface area contributed by atoms with Gasteiger partial charge in [-0.25, -0.2) is 24.0 Å². The highest BCUT2D eigenvalue weighted by molar-refractivity contribution is 6.07. The van der Waals surface area contributed by atoms with Crippen LogP contribution in [0.5, 0.6) is 0 Å². The lowest BCUT2D eigenvalue weighted by Gasteiger charge is -2.48. The molecule has 318 valence electrons. The summed E-state index contributed by atoms with van der Waals surface area (Å²) in [4.78, 5) is 44.3. The zero-order chi connectivity index (χ0) is 41.9. The molecule has 3 heterocycles. The third-order valence-electron chi connectivity index (χ3n) is 12.8. The van der Waals surface area contributed by atoms with E-state index in [2.05, 4.69) is 12.1 Å². The molecule has 3 fully saturated rings. The summed E-state index contributed by atoms with van der Waals surface area (Å²) in [6.07, 6.45) is -3.09. The zero-order valence-electron chi connectivity index (χ0n) is 35.7. The average Bonchev–Trinajstić information content (AvgIpc) is 3.43. The van der Waals surface area contributed by atoms with Gasteiger partial charge in [-0.05, 0) is 91.3 Å². The fourth-order valence-electron chi connectivity index (χ4n) is 9.39. The number of hydrogen-bond acceptors (Lipinski definition) is 12. The molecule has 3 aliphatic rings. The molecule has 3 aliphatic heterocycles. The number of carbonyl (C=O) groups excluding carboxylic acids is 3. The van der Waals surface area contributed by atoms with Crippen molar-refractivity contribution in [2.75, 3.05) is 34.3 Å². The minimum absolute atomic E-state index is 0.160. The smallest absolute Gasteiger partial charge is 0.425 e. The van der Waals surface area contributed by atoms with Crippen molar-refractivity contribution < 1.29 is 47.6 Å². The molecule has 14 atom stereocenters. The van der Waals surface area contributed by atoms with Gasteiger partial charge < -0.3 is 39.4 Å². The second kappa shape index (κ2) is 18.5. The summed E-state index contributed by atoms with van der Waals surface area (Å²) in [7, 11) is 5.18. The molecule has 56 heavy (non-hydrogen) atoms. The Balaban J connectivity index is 1.79. The largest absolute Gasteiger partial charge is 0.455 e. The van der Waals surface area contributed by atoms with Crippen LogP contribution >= 0.6 is 0 Å². The molecule has 3 saturated heterocycles. The van der Waals surface area contributed by atoms with Crippen LogP contribution in [0.2, 0.25) is 0 Å². The minimum atomic E-state index is -3.13. The van der Waals surface area contributed by atoms with Gasteiger partial charge in [0.1, 0.15) is 12.2 Å². The van der Waals surface area contributed by atoms with E-state index < -0.39 is 83.2 Å². The van der Waals surface area contributed by atoms with Crippen molar-refractivity contribution in [2.45, 2.75) is 160 Å². The molecule has 0 aliphatic carbocycles. The van der Waals surface area contributed by atoms with E-state index in [1.54, 1.807) is 25.8 Å². The molecule has 1 aromatic carbocycles. The number of ketones is 1. The van der Waals surface area contributed by atoms with Crippen molar-refractivity contribution in [1.82, 2.24) is 14.9 Å². The van der Waals surface area contributed by atoms with Gasteiger partial charge in [-0.1, -0.05) is 65.0 Å². The number of rotatable bonds is 11. The number of fused-ring (bicyclic) bond motifs is 1. The molecular formula is C42H69FN4O9. The first-order chi connectivity index (χ1) is 26.2. The SMILES string of the molecule is CC[C@H]1OC(=O)C(C)(F)C(=O)[C@H](C)[C@@H](O[C@@H]2O[C@H](C)C[C@H](N(C)C)[C@H]2O)[C@@](C)(OC)C[C@@H](C)C(N)[C@H](C)[C@H]2N(N(CC)CCCc3ccccc3)C(=O)O[C@]12C. The van der Waals surface area contributed by atoms with Crippen LogP contribution < -0.4 is 5.73 Å². The monoisotopic (exact) mass is 793 g/mol. The van der Waals surface area contributed by atoms with E-state index in [0.29, 0.717) is 19.5 Å². The van der Waals surface area contributed by atoms with Crippen LogP contribution in [-0.4, -0.2) is 138 Å². The average molecular weight is 793 g/mol. The van der Waals surface area contributed by atoms with Crippen molar-refractivity contribution in [2.24, 2.45) is 23.5 Å². The topological polar surface area (TPSA) is 153 Å². The number of nitrogens with two attached hydrogens (primary N) is 1. The fraction of sp³-hybridized carbons (Fsp3) is 0.786. The highest BCUT2D eigenvalue weighted by Gasteiger charge is 2.62. The predicted molar refractivity (Wildman–Crippen MR) is 210 cm³/mol. The van der Waals surface area contributed by atoms with Crippen LogP contribution in [0.3, 0.4) is 0 Å². The zero-order valence-corrected chi connectivity index (χ0v) is 35.7. The molecule has 14 heteroatoms. The number of aliphatic hydroxyl groups excluding tert-OH is 1. The Bertz CT molecular complexity index is 1490.